The molecule has 0 aliphatic carbocycles. The summed E-state index contributed by atoms with van der Waals surface area (Å²) < 4.78 is 2.33. The lowest BCUT2D eigenvalue weighted by Crippen LogP contribution is -2.29. The van der Waals surface area contributed by atoms with Crippen LogP contribution in [0.4, 0.5) is 5.69 Å². The first-order chi connectivity index (χ1) is 11.5. The number of aryl methyl sites for hydroxylation is 1. The SMILES string of the molecule is Cc1ccc(NC(=O)CN(C)Cc2nc3ccccc3s2)cc1I. The molecule has 0 fully saturated rings. The molecule has 4 nitrogen and oxygen atoms in total. The monoisotopic (exact) mass is 451 g/mol. The van der Waals surface area contributed by atoms with Crippen molar-refractivity contribution in [2.45, 2.75) is 13.5 Å². The molecule has 3 rings (SSSR count). The molecule has 1 amide bonds. The smallest absolute Gasteiger partial charge is 0.238 e. The van der Waals surface area contributed by atoms with Gasteiger partial charge >= 0.3 is 0 Å². The van der Waals surface area contributed by atoms with Crippen molar-refractivity contribution in [3.63, 3.8) is 0 Å². The van der Waals surface area contributed by atoms with Gasteiger partial charge in [0.15, 0.2) is 0 Å². The summed E-state index contributed by atoms with van der Waals surface area (Å²) in [5.74, 6) is -0.0155. The summed E-state index contributed by atoms with van der Waals surface area (Å²) in [5.41, 5.74) is 3.06. The number of aromatic nitrogens is 1. The number of benzene rings is 2. The van der Waals surface area contributed by atoms with Gasteiger partial charge in [-0.3, -0.25) is 9.69 Å². The average molecular weight is 451 g/mol. The maximum atomic E-state index is 12.2. The van der Waals surface area contributed by atoms with Crippen molar-refractivity contribution < 1.29 is 4.79 Å². The zero-order valence-corrected chi connectivity index (χ0v) is 16.5. The number of fused-ring (bicyclic) bond motifs is 1. The Kier molecular flexibility index (Phi) is 5.47. The highest BCUT2D eigenvalue weighted by molar-refractivity contribution is 14.1. The van der Waals surface area contributed by atoms with Gasteiger partial charge in [0, 0.05) is 9.26 Å². The van der Waals surface area contributed by atoms with E-state index in [0.29, 0.717) is 13.1 Å². The summed E-state index contributed by atoms with van der Waals surface area (Å²) in [7, 11) is 1.94. The lowest BCUT2D eigenvalue weighted by Gasteiger charge is -2.15. The van der Waals surface area contributed by atoms with Crippen LogP contribution in [0.25, 0.3) is 10.2 Å². The van der Waals surface area contributed by atoms with Crippen molar-refractivity contribution in [2.75, 3.05) is 18.9 Å². The highest BCUT2D eigenvalue weighted by Crippen LogP contribution is 2.22. The van der Waals surface area contributed by atoms with Crippen molar-refractivity contribution in [2.24, 2.45) is 0 Å². The van der Waals surface area contributed by atoms with Gasteiger partial charge in [0.05, 0.1) is 23.3 Å². The van der Waals surface area contributed by atoms with E-state index >= 15 is 0 Å². The Bertz CT molecular complexity index is 845. The molecular formula is C18H18IN3OS. The van der Waals surface area contributed by atoms with Crippen molar-refractivity contribution in [3.05, 3.63) is 56.6 Å². The zero-order valence-electron chi connectivity index (χ0n) is 13.5. The van der Waals surface area contributed by atoms with E-state index in [0.717, 1.165) is 19.8 Å². The molecule has 0 saturated heterocycles. The zero-order chi connectivity index (χ0) is 17.1. The molecule has 0 saturated carbocycles. The number of carbonyl (C=O) groups is 1. The number of thiazole rings is 1. The van der Waals surface area contributed by atoms with Crippen LogP contribution >= 0.6 is 33.9 Å². The van der Waals surface area contributed by atoms with Crippen molar-refractivity contribution >= 4 is 55.7 Å². The third-order valence-corrected chi connectivity index (χ3v) is 5.80. The van der Waals surface area contributed by atoms with Crippen LogP contribution in [0.5, 0.6) is 0 Å². The number of amides is 1. The number of halogens is 1. The Morgan fingerprint density at radius 3 is 2.83 bits per heavy atom. The van der Waals surface area contributed by atoms with Crippen molar-refractivity contribution in [1.29, 1.82) is 0 Å². The van der Waals surface area contributed by atoms with Crippen LogP contribution in [0.15, 0.2) is 42.5 Å². The topological polar surface area (TPSA) is 45.2 Å². The lowest BCUT2D eigenvalue weighted by molar-refractivity contribution is -0.117. The van der Waals surface area contributed by atoms with Gasteiger partial charge in [0.2, 0.25) is 5.91 Å². The van der Waals surface area contributed by atoms with Gasteiger partial charge in [-0.15, -0.1) is 11.3 Å². The van der Waals surface area contributed by atoms with Crippen molar-refractivity contribution in [1.82, 2.24) is 9.88 Å². The minimum absolute atomic E-state index is 0.0155. The van der Waals surface area contributed by atoms with E-state index in [1.165, 1.54) is 10.3 Å². The molecule has 0 aliphatic rings. The Morgan fingerprint density at radius 1 is 1.29 bits per heavy atom. The van der Waals surface area contributed by atoms with Gasteiger partial charge in [0.25, 0.3) is 0 Å². The van der Waals surface area contributed by atoms with Crippen LogP contribution in [-0.2, 0) is 11.3 Å². The quantitative estimate of drug-likeness (QED) is 0.590. The van der Waals surface area contributed by atoms with E-state index in [1.54, 1.807) is 11.3 Å². The molecule has 0 aliphatic heterocycles. The van der Waals surface area contributed by atoms with Gasteiger partial charge < -0.3 is 5.32 Å². The van der Waals surface area contributed by atoms with Crippen LogP contribution in [0.1, 0.15) is 10.6 Å². The summed E-state index contributed by atoms with van der Waals surface area (Å²) >= 11 is 3.95. The normalized spacial score (nSPS) is 11.2. The maximum absolute atomic E-state index is 12.2. The number of likely N-dealkylation sites (N-methyl/N-ethyl adjacent to an activating group) is 1. The van der Waals surface area contributed by atoms with Gasteiger partial charge in [-0.1, -0.05) is 18.2 Å². The van der Waals surface area contributed by atoms with E-state index in [-0.39, 0.29) is 5.91 Å². The molecule has 3 aromatic rings. The molecule has 1 heterocycles. The summed E-state index contributed by atoms with van der Waals surface area (Å²) in [6.45, 7) is 3.05. The van der Waals surface area contributed by atoms with E-state index < -0.39 is 0 Å². The van der Waals surface area contributed by atoms with Gasteiger partial charge in [0.1, 0.15) is 5.01 Å². The highest BCUT2D eigenvalue weighted by atomic mass is 127. The largest absolute Gasteiger partial charge is 0.325 e. The minimum atomic E-state index is -0.0155. The van der Waals surface area contributed by atoms with Crippen molar-refractivity contribution in [3.8, 4) is 0 Å². The number of anilines is 1. The number of rotatable bonds is 5. The molecular weight excluding hydrogens is 433 g/mol. The molecule has 1 N–H and O–H groups in total. The van der Waals surface area contributed by atoms with Crippen LogP contribution in [-0.4, -0.2) is 29.4 Å². The molecule has 0 radical (unpaired) electrons. The number of hydrogen-bond acceptors (Lipinski definition) is 4. The third kappa shape index (κ3) is 4.31. The molecule has 0 bridgehead atoms. The predicted octanol–water partition coefficient (Wildman–Crippen LogP) is 4.28. The first-order valence-corrected chi connectivity index (χ1v) is 9.50. The van der Waals surface area contributed by atoms with E-state index in [9.17, 15) is 4.79 Å². The number of hydrogen-bond donors (Lipinski definition) is 1. The Hall–Kier alpha value is -1.51. The average Bonchev–Trinajstić information content (AvgIpc) is 2.92. The number of nitrogens with zero attached hydrogens (tertiary/aromatic N) is 2. The number of nitrogens with one attached hydrogen (secondary N) is 1. The Labute approximate surface area is 159 Å². The summed E-state index contributed by atoms with van der Waals surface area (Å²) in [6, 6.07) is 14.0. The van der Waals surface area contributed by atoms with E-state index in [2.05, 4.69) is 45.9 Å². The maximum Gasteiger partial charge on any atom is 0.238 e. The summed E-state index contributed by atoms with van der Waals surface area (Å²) in [4.78, 5) is 18.8. The molecule has 6 heteroatoms. The second kappa shape index (κ2) is 7.58. The lowest BCUT2D eigenvalue weighted by atomic mass is 10.2. The minimum Gasteiger partial charge on any atom is -0.325 e. The molecule has 0 atom stereocenters. The predicted molar refractivity (Wildman–Crippen MR) is 108 cm³/mol. The molecule has 1 aromatic heterocycles. The molecule has 24 heavy (non-hydrogen) atoms. The second-order valence-corrected chi connectivity index (χ2v) is 8.04. The Balaban J connectivity index is 1.58. The molecule has 0 spiro atoms. The summed E-state index contributed by atoms with van der Waals surface area (Å²) in [6.07, 6.45) is 0. The molecule has 124 valence electrons. The second-order valence-electron chi connectivity index (χ2n) is 5.76. The Morgan fingerprint density at radius 2 is 2.08 bits per heavy atom. The van der Waals surface area contributed by atoms with Crippen LogP contribution in [0.2, 0.25) is 0 Å². The van der Waals surface area contributed by atoms with E-state index in [4.69, 9.17) is 0 Å². The molecule has 0 unspecified atom stereocenters. The van der Waals surface area contributed by atoms with Gasteiger partial charge in [-0.2, -0.15) is 0 Å². The fraction of sp³-hybridized carbons (Fsp3) is 0.222. The summed E-state index contributed by atoms with van der Waals surface area (Å²) in [5, 5.41) is 3.98. The standard InChI is InChI=1S/C18H18IN3OS/c1-12-7-8-13(9-14(12)19)20-17(23)10-22(2)11-18-21-15-5-3-4-6-16(15)24-18/h3-9H,10-11H2,1-2H3,(H,20,23). The first kappa shape index (κ1) is 17.3. The highest BCUT2D eigenvalue weighted by Gasteiger charge is 2.11. The van der Waals surface area contributed by atoms with Gasteiger partial charge in [-0.05, 0) is 66.4 Å². The number of carbonyl (C=O) groups excluding carboxylic acids is 1. The van der Waals surface area contributed by atoms with Crippen LogP contribution in [0, 0.1) is 10.5 Å². The van der Waals surface area contributed by atoms with E-state index in [1.807, 2.05) is 48.3 Å². The molecule has 2 aromatic carbocycles. The van der Waals surface area contributed by atoms with Gasteiger partial charge in [-0.25, -0.2) is 4.98 Å². The van der Waals surface area contributed by atoms with Crippen LogP contribution in [0.3, 0.4) is 0 Å². The van der Waals surface area contributed by atoms with Crippen LogP contribution < -0.4 is 5.32 Å². The number of para-hydroxylation sites is 1. The fourth-order valence-corrected chi connectivity index (χ4v) is 3.95. The first-order valence-electron chi connectivity index (χ1n) is 7.60. The fourth-order valence-electron chi connectivity index (χ4n) is 2.39. The third-order valence-electron chi connectivity index (χ3n) is 3.61.